The highest BCUT2D eigenvalue weighted by Crippen LogP contribution is 2.35. The van der Waals surface area contributed by atoms with E-state index in [-0.39, 0.29) is 11.9 Å². The molecule has 27 heavy (non-hydrogen) atoms. The topological polar surface area (TPSA) is 38.1 Å². The van der Waals surface area contributed by atoms with Gasteiger partial charge in [0.15, 0.2) is 17.3 Å². The van der Waals surface area contributed by atoms with Gasteiger partial charge in [0.2, 0.25) is 0 Å². The molecule has 1 amide bonds. The number of hydrogen-bond donors (Lipinski definition) is 0. The zero-order valence-corrected chi connectivity index (χ0v) is 16.0. The van der Waals surface area contributed by atoms with Gasteiger partial charge in [0.1, 0.15) is 0 Å². The number of nitrogens with zero attached hydrogens (tertiary/aromatic N) is 3. The van der Waals surface area contributed by atoms with Gasteiger partial charge in [-0.3, -0.25) is 4.79 Å². The second kappa shape index (κ2) is 6.73. The molecule has 0 aliphatic heterocycles. The molecule has 2 aliphatic carbocycles. The van der Waals surface area contributed by atoms with Crippen molar-refractivity contribution >= 4 is 5.91 Å². The molecule has 0 saturated heterocycles. The van der Waals surface area contributed by atoms with Crippen LogP contribution >= 0.6 is 0 Å². The van der Waals surface area contributed by atoms with E-state index in [9.17, 15) is 13.6 Å². The van der Waals surface area contributed by atoms with Crippen molar-refractivity contribution < 1.29 is 13.6 Å². The van der Waals surface area contributed by atoms with E-state index in [0.29, 0.717) is 23.3 Å². The third-order valence-electron chi connectivity index (χ3n) is 5.86. The average Bonchev–Trinajstić information content (AvgIpc) is 3.22. The standard InChI is InChI=1S/C21H25F2N3O/c1-12(2)13(3)25(14-7-8-14)21(27)20-16-5-4-6-19(16)26(24-20)15-9-10-17(22)18(23)11-15/h9-14H,4-8H2,1-3H3. The van der Waals surface area contributed by atoms with E-state index in [4.69, 9.17) is 0 Å². The molecule has 0 bridgehead atoms. The van der Waals surface area contributed by atoms with Gasteiger partial charge in [0, 0.05) is 29.4 Å². The summed E-state index contributed by atoms with van der Waals surface area (Å²) in [7, 11) is 0. The summed E-state index contributed by atoms with van der Waals surface area (Å²) >= 11 is 0. The van der Waals surface area contributed by atoms with E-state index >= 15 is 0 Å². The molecule has 1 atom stereocenters. The second-order valence-electron chi connectivity index (χ2n) is 8.07. The van der Waals surface area contributed by atoms with E-state index in [1.165, 1.54) is 6.07 Å². The van der Waals surface area contributed by atoms with Crippen LogP contribution in [0.4, 0.5) is 8.78 Å². The van der Waals surface area contributed by atoms with Crippen molar-refractivity contribution in [2.24, 2.45) is 5.92 Å². The summed E-state index contributed by atoms with van der Waals surface area (Å²) in [6.45, 7) is 6.34. The molecule has 6 heteroatoms. The molecule has 0 spiro atoms. The maximum Gasteiger partial charge on any atom is 0.275 e. The van der Waals surface area contributed by atoms with Gasteiger partial charge in [-0.15, -0.1) is 0 Å². The molecule has 0 radical (unpaired) electrons. The summed E-state index contributed by atoms with van der Waals surface area (Å²) in [4.78, 5) is 15.4. The van der Waals surface area contributed by atoms with Crippen molar-refractivity contribution in [1.29, 1.82) is 0 Å². The third kappa shape index (κ3) is 3.15. The van der Waals surface area contributed by atoms with Gasteiger partial charge >= 0.3 is 0 Å². The maximum atomic E-state index is 13.7. The minimum atomic E-state index is -0.907. The van der Waals surface area contributed by atoms with Crippen LogP contribution in [0.2, 0.25) is 0 Å². The molecule has 4 nitrogen and oxygen atoms in total. The molecular formula is C21H25F2N3O. The summed E-state index contributed by atoms with van der Waals surface area (Å²) in [5, 5.41) is 4.58. The molecule has 4 rings (SSSR count). The fourth-order valence-corrected chi connectivity index (χ4v) is 3.92. The first-order valence-corrected chi connectivity index (χ1v) is 9.77. The van der Waals surface area contributed by atoms with Gasteiger partial charge in [-0.05, 0) is 57.1 Å². The Bertz CT molecular complexity index is 886. The summed E-state index contributed by atoms with van der Waals surface area (Å²) in [6.07, 6.45) is 4.61. The molecule has 2 aromatic rings. The van der Waals surface area contributed by atoms with Crippen LogP contribution in [0.1, 0.15) is 61.8 Å². The highest BCUT2D eigenvalue weighted by Gasteiger charge is 2.40. The number of fused-ring (bicyclic) bond motifs is 1. The van der Waals surface area contributed by atoms with Crippen LogP contribution in [-0.4, -0.2) is 32.7 Å². The first kappa shape index (κ1) is 18.1. The Hall–Kier alpha value is -2.24. The fraction of sp³-hybridized carbons (Fsp3) is 0.524. The van der Waals surface area contributed by atoms with Crippen LogP contribution in [0.5, 0.6) is 0 Å². The van der Waals surface area contributed by atoms with Gasteiger partial charge in [0.25, 0.3) is 5.91 Å². The van der Waals surface area contributed by atoms with Crippen LogP contribution in [0.3, 0.4) is 0 Å². The Morgan fingerprint density at radius 2 is 1.93 bits per heavy atom. The summed E-state index contributed by atoms with van der Waals surface area (Å²) in [6, 6.07) is 4.18. The highest BCUT2D eigenvalue weighted by molar-refractivity contribution is 5.95. The highest BCUT2D eigenvalue weighted by atomic mass is 19.2. The lowest BCUT2D eigenvalue weighted by molar-refractivity contribution is 0.0620. The third-order valence-corrected chi connectivity index (χ3v) is 5.86. The van der Waals surface area contributed by atoms with Crippen molar-refractivity contribution in [2.45, 2.75) is 65.0 Å². The van der Waals surface area contributed by atoms with Gasteiger partial charge in [-0.2, -0.15) is 5.10 Å². The van der Waals surface area contributed by atoms with E-state index in [1.807, 2.05) is 4.90 Å². The predicted molar refractivity (Wildman–Crippen MR) is 99.0 cm³/mol. The molecule has 1 fully saturated rings. The first-order chi connectivity index (χ1) is 12.9. The molecule has 0 N–H and O–H groups in total. The molecule has 1 aromatic carbocycles. The van der Waals surface area contributed by atoms with Crippen LogP contribution in [0, 0.1) is 17.6 Å². The quantitative estimate of drug-likeness (QED) is 0.784. The Labute approximate surface area is 158 Å². The Balaban J connectivity index is 1.75. The lowest BCUT2D eigenvalue weighted by Crippen LogP contribution is -2.43. The normalized spacial score (nSPS) is 17.3. The number of hydrogen-bond acceptors (Lipinski definition) is 2. The van der Waals surface area contributed by atoms with Gasteiger partial charge in [-0.25, -0.2) is 13.5 Å². The molecule has 1 saturated carbocycles. The zero-order valence-electron chi connectivity index (χ0n) is 16.0. The lowest BCUT2D eigenvalue weighted by Gasteiger charge is -2.31. The maximum absolute atomic E-state index is 13.7. The van der Waals surface area contributed by atoms with Crippen molar-refractivity contribution in [1.82, 2.24) is 14.7 Å². The van der Waals surface area contributed by atoms with Crippen molar-refractivity contribution in [3.63, 3.8) is 0 Å². The van der Waals surface area contributed by atoms with Crippen molar-refractivity contribution in [3.8, 4) is 5.69 Å². The molecule has 2 aliphatic rings. The summed E-state index contributed by atoms with van der Waals surface area (Å²) < 4.78 is 28.7. The number of amides is 1. The molecule has 1 unspecified atom stereocenters. The number of benzene rings is 1. The first-order valence-electron chi connectivity index (χ1n) is 9.77. The van der Waals surface area contributed by atoms with E-state index in [1.54, 1.807) is 4.68 Å². The Morgan fingerprint density at radius 3 is 2.56 bits per heavy atom. The Kier molecular flexibility index (Phi) is 4.52. The van der Waals surface area contributed by atoms with Crippen LogP contribution in [0.25, 0.3) is 5.69 Å². The molecule has 1 aromatic heterocycles. The number of halogens is 2. The minimum absolute atomic E-state index is 0.0295. The van der Waals surface area contributed by atoms with Crippen LogP contribution in [-0.2, 0) is 12.8 Å². The number of rotatable bonds is 5. The molecule has 1 heterocycles. The number of carbonyl (C=O) groups is 1. The second-order valence-corrected chi connectivity index (χ2v) is 8.07. The number of aromatic nitrogens is 2. The van der Waals surface area contributed by atoms with E-state index < -0.39 is 11.6 Å². The predicted octanol–water partition coefficient (Wildman–Crippen LogP) is 4.29. The summed E-state index contributed by atoms with van der Waals surface area (Å²) in [5.74, 6) is -1.46. The van der Waals surface area contributed by atoms with Crippen molar-refractivity contribution in [3.05, 3.63) is 46.8 Å². The zero-order chi connectivity index (χ0) is 19.3. The van der Waals surface area contributed by atoms with Gasteiger partial charge < -0.3 is 4.90 Å². The Morgan fingerprint density at radius 1 is 1.19 bits per heavy atom. The van der Waals surface area contributed by atoms with Crippen molar-refractivity contribution in [2.75, 3.05) is 0 Å². The monoisotopic (exact) mass is 373 g/mol. The molecule has 144 valence electrons. The largest absolute Gasteiger partial charge is 0.331 e. The fourth-order valence-electron chi connectivity index (χ4n) is 3.92. The average molecular weight is 373 g/mol. The van der Waals surface area contributed by atoms with E-state index in [2.05, 4.69) is 25.9 Å². The molecular weight excluding hydrogens is 348 g/mol. The van der Waals surface area contributed by atoms with Gasteiger partial charge in [0.05, 0.1) is 5.69 Å². The summed E-state index contributed by atoms with van der Waals surface area (Å²) in [5.41, 5.74) is 2.84. The lowest BCUT2D eigenvalue weighted by atomic mass is 10.0. The SMILES string of the molecule is CC(C)C(C)N(C(=O)c1nn(-c2ccc(F)c(F)c2)c2c1CCC2)C1CC1. The number of carbonyl (C=O) groups excluding carboxylic acids is 1. The van der Waals surface area contributed by atoms with E-state index in [0.717, 1.165) is 55.5 Å². The van der Waals surface area contributed by atoms with Crippen LogP contribution in [0.15, 0.2) is 18.2 Å². The minimum Gasteiger partial charge on any atom is -0.331 e. The van der Waals surface area contributed by atoms with Gasteiger partial charge in [-0.1, -0.05) is 13.8 Å². The van der Waals surface area contributed by atoms with Crippen LogP contribution < -0.4 is 0 Å². The smallest absolute Gasteiger partial charge is 0.275 e.